The second kappa shape index (κ2) is 9.97. The fourth-order valence-electron chi connectivity index (χ4n) is 2.18. The van der Waals surface area contributed by atoms with Crippen molar-refractivity contribution in [3.63, 3.8) is 0 Å². The molecule has 2 aromatic rings. The van der Waals surface area contributed by atoms with E-state index in [9.17, 15) is 27.6 Å². The molecular formula is C19H16ClF3N2O5. The molecule has 160 valence electrons. The van der Waals surface area contributed by atoms with Crippen molar-refractivity contribution < 1.29 is 37.0 Å². The highest BCUT2D eigenvalue weighted by Gasteiger charge is 2.31. The van der Waals surface area contributed by atoms with E-state index in [1.54, 1.807) is 12.1 Å². The molecule has 0 heterocycles. The van der Waals surface area contributed by atoms with Gasteiger partial charge in [0.05, 0.1) is 10.6 Å². The summed E-state index contributed by atoms with van der Waals surface area (Å²) < 4.78 is 44.9. The number of rotatable bonds is 7. The number of benzene rings is 2. The minimum absolute atomic E-state index is 0.172. The van der Waals surface area contributed by atoms with Crippen LogP contribution in [0.1, 0.15) is 17.3 Å². The van der Waals surface area contributed by atoms with Crippen molar-refractivity contribution in [3.8, 4) is 5.75 Å². The lowest BCUT2D eigenvalue weighted by atomic mass is 10.2. The Morgan fingerprint density at radius 3 is 2.30 bits per heavy atom. The van der Waals surface area contributed by atoms with Crippen LogP contribution in [-0.4, -0.2) is 36.8 Å². The van der Waals surface area contributed by atoms with Gasteiger partial charge in [-0.2, -0.15) is 0 Å². The number of esters is 1. The molecule has 7 nitrogen and oxygen atoms in total. The monoisotopic (exact) mass is 444 g/mol. The molecule has 2 rings (SSSR count). The topological polar surface area (TPSA) is 93.7 Å². The SMILES string of the molecule is C[C@H](NC(=O)c1ccccc1Cl)C(=O)OCC(=O)Nc1ccc(OC(F)(F)F)cc1. The summed E-state index contributed by atoms with van der Waals surface area (Å²) in [4.78, 5) is 35.9. The molecule has 0 spiro atoms. The summed E-state index contributed by atoms with van der Waals surface area (Å²) in [6.07, 6.45) is -4.82. The molecule has 0 aliphatic carbocycles. The molecule has 0 unspecified atom stereocenters. The first kappa shape index (κ1) is 23.0. The second-order valence-electron chi connectivity index (χ2n) is 5.90. The van der Waals surface area contributed by atoms with E-state index in [0.29, 0.717) is 0 Å². The molecule has 0 bridgehead atoms. The Kier molecular flexibility index (Phi) is 7.65. The van der Waals surface area contributed by atoms with Crippen molar-refractivity contribution in [1.82, 2.24) is 5.32 Å². The summed E-state index contributed by atoms with van der Waals surface area (Å²) in [6, 6.07) is 9.60. The Hall–Kier alpha value is -3.27. The first-order chi connectivity index (χ1) is 14.0. The zero-order valence-corrected chi connectivity index (χ0v) is 16.2. The van der Waals surface area contributed by atoms with Crippen LogP contribution in [-0.2, 0) is 14.3 Å². The number of ether oxygens (including phenoxy) is 2. The molecule has 0 aromatic heterocycles. The quantitative estimate of drug-likeness (QED) is 0.637. The number of hydrogen-bond acceptors (Lipinski definition) is 5. The number of amides is 2. The third-order valence-electron chi connectivity index (χ3n) is 3.54. The number of carbonyl (C=O) groups is 3. The Morgan fingerprint density at radius 2 is 1.70 bits per heavy atom. The zero-order valence-electron chi connectivity index (χ0n) is 15.5. The summed E-state index contributed by atoms with van der Waals surface area (Å²) >= 11 is 5.91. The lowest BCUT2D eigenvalue weighted by Crippen LogP contribution is -2.40. The molecule has 0 saturated carbocycles. The molecule has 2 amide bonds. The van der Waals surface area contributed by atoms with Gasteiger partial charge in [-0.1, -0.05) is 23.7 Å². The summed E-state index contributed by atoms with van der Waals surface area (Å²) in [6.45, 7) is 0.709. The minimum atomic E-state index is -4.82. The maximum absolute atomic E-state index is 12.1. The second-order valence-corrected chi connectivity index (χ2v) is 6.31. The van der Waals surface area contributed by atoms with E-state index < -0.39 is 42.5 Å². The van der Waals surface area contributed by atoms with Crippen LogP contribution in [0, 0.1) is 0 Å². The number of alkyl halides is 3. The van der Waals surface area contributed by atoms with E-state index in [-0.39, 0.29) is 16.3 Å². The molecule has 30 heavy (non-hydrogen) atoms. The molecule has 11 heteroatoms. The van der Waals surface area contributed by atoms with Crippen molar-refractivity contribution in [1.29, 1.82) is 0 Å². The lowest BCUT2D eigenvalue weighted by Gasteiger charge is -2.14. The average molecular weight is 445 g/mol. The fourth-order valence-corrected chi connectivity index (χ4v) is 2.40. The van der Waals surface area contributed by atoms with Crippen LogP contribution < -0.4 is 15.4 Å². The van der Waals surface area contributed by atoms with Gasteiger partial charge >= 0.3 is 12.3 Å². The first-order valence-corrected chi connectivity index (χ1v) is 8.80. The molecule has 1 atom stereocenters. The Balaban J connectivity index is 1.80. The van der Waals surface area contributed by atoms with Crippen molar-refractivity contribution in [2.45, 2.75) is 19.3 Å². The number of carbonyl (C=O) groups excluding carboxylic acids is 3. The van der Waals surface area contributed by atoms with E-state index in [4.69, 9.17) is 16.3 Å². The highest BCUT2D eigenvalue weighted by atomic mass is 35.5. The minimum Gasteiger partial charge on any atom is -0.454 e. The van der Waals surface area contributed by atoms with Crippen molar-refractivity contribution in [2.24, 2.45) is 0 Å². The van der Waals surface area contributed by atoms with Gasteiger partial charge in [0.1, 0.15) is 11.8 Å². The Labute approximate surface area is 174 Å². The number of anilines is 1. The van der Waals surface area contributed by atoms with Gasteiger partial charge in [0, 0.05) is 5.69 Å². The highest BCUT2D eigenvalue weighted by Crippen LogP contribution is 2.23. The molecule has 0 aliphatic heterocycles. The normalized spacial score (nSPS) is 11.9. The number of halogens is 4. The molecule has 0 fully saturated rings. The third-order valence-corrected chi connectivity index (χ3v) is 3.87. The zero-order chi connectivity index (χ0) is 22.3. The van der Waals surface area contributed by atoms with E-state index in [0.717, 1.165) is 12.1 Å². The van der Waals surface area contributed by atoms with Crippen molar-refractivity contribution >= 4 is 35.1 Å². The average Bonchev–Trinajstić information content (AvgIpc) is 2.66. The van der Waals surface area contributed by atoms with Gasteiger partial charge in [-0.15, -0.1) is 13.2 Å². The van der Waals surface area contributed by atoms with E-state index in [1.807, 2.05) is 0 Å². The maximum atomic E-state index is 12.1. The highest BCUT2D eigenvalue weighted by molar-refractivity contribution is 6.33. The molecule has 0 radical (unpaired) electrons. The van der Waals surface area contributed by atoms with Gasteiger partial charge in [0.15, 0.2) is 6.61 Å². The predicted octanol–water partition coefficient (Wildman–Crippen LogP) is 3.54. The van der Waals surface area contributed by atoms with E-state index in [1.165, 1.54) is 31.2 Å². The van der Waals surface area contributed by atoms with Crippen LogP contribution in [0.4, 0.5) is 18.9 Å². The van der Waals surface area contributed by atoms with Gasteiger partial charge in [-0.3, -0.25) is 9.59 Å². The van der Waals surface area contributed by atoms with Crippen molar-refractivity contribution in [2.75, 3.05) is 11.9 Å². The van der Waals surface area contributed by atoms with Gasteiger partial charge < -0.3 is 20.1 Å². The lowest BCUT2D eigenvalue weighted by molar-refractivity contribution is -0.274. The number of nitrogens with one attached hydrogen (secondary N) is 2. The van der Waals surface area contributed by atoms with Crippen molar-refractivity contribution in [3.05, 3.63) is 59.1 Å². The molecule has 0 aliphatic rings. The predicted molar refractivity (Wildman–Crippen MR) is 101 cm³/mol. The first-order valence-electron chi connectivity index (χ1n) is 8.43. The smallest absolute Gasteiger partial charge is 0.454 e. The molecule has 0 saturated heterocycles. The number of hydrogen-bond donors (Lipinski definition) is 2. The van der Waals surface area contributed by atoms with Crippen LogP contribution in [0.5, 0.6) is 5.75 Å². The molecule has 2 N–H and O–H groups in total. The van der Waals surface area contributed by atoms with Crippen LogP contribution in [0.25, 0.3) is 0 Å². The molecule has 2 aromatic carbocycles. The summed E-state index contributed by atoms with van der Waals surface area (Å²) in [5.74, 6) is -2.62. The fraction of sp³-hybridized carbons (Fsp3) is 0.211. The van der Waals surface area contributed by atoms with E-state index >= 15 is 0 Å². The largest absolute Gasteiger partial charge is 0.573 e. The van der Waals surface area contributed by atoms with Gasteiger partial charge in [-0.05, 0) is 43.3 Å². The molecular weight excluding hydrogens is 429 g/mol. The van der Waals surface area contributed by atoms with Crippen LogP contribution in [0.15, 0.2) is 48.5 Å². The third kappa shape index (κ3) is 7.28. The van der Waals surface area contributed by atoms with Crippen LogP contribution in [0.3, 0.4) is 0 Å². The van der Waals surface area contributed by atoms with Gasteiger partial charge in [0.25, 0.3) is 11.8 Å². The Bertz CT molecular complexity index is 919. The summed E-state index contributed by atoms with van der Waals surface area (Å²) in [5.41, 5.74) is 0.347. The summed E-state index contributed by atoms with van der Waals surface area (Å²) in [5, 5.41) is 4.95. The Morgan fingerprint density at radius 1 is 1.07 bits per heavy atom. The van der Waals surface area contributed by atoms with Gasteiger partial charge in [0.2, 0.25) is 0 Å². The van der Waals surface area contributed by atoms with E-state index in [2.05, 4.69) is 15.4 Å². The van der Waals surface area contributed by atoms with Crippen LogP contribution in [0.2, 0.25) is 5.02 Å². The van der Waals surface area contributed by atoms with Crippen LogP contribution >= 0.6 is 11.6 Å². The summed E-state index contributed by atoms with van der Waals surface area (Å²) in [7, 11) is 0. The maximum Gasteiger partial charge on any atom is 0.573 e. The standard InChI is InChI=1S/C19H16ClF3N2O5/c1-11(24-17(27)14-4-2-3-5-15(14)20)18(28)29-10-16(26)25-12-6-8-13(9-7-12)30-19(21,22)23/h2-9,11H,10H2,1H3,(H,24,27)(H,25,26)/t11-/m0/s1. The van der Waals surface area contributed by atoms with Gasteiger partial charge in [-0.25, -0.2) is 4.79 Å².